The lowest BCUT2D eigenvalue weighted by atomic mass is 9.87. The van der Waals surface area contributed by atoms with Crippen molar-refractivity contribution in [3.8, 4) is 0 Å². The SMILES string of the molecule is Nc1cccc(NCC2CCC(O)CC2)n1. The van der Waals surface area contributed by atoms with E-state index in [1.54, 1.807) is 6.07 Å². The summed E-state index contributed by atoms with van der Waals surface area (Å²) in [4.78, 5) is 4.19. The Morgan fingerprint density at radius 1 is 1.31 bits per heavy atom. The van der Waals surface area contributed by atoms with Gasteiger partial charge in [-0.05, 0) is 43.7 Å². The number of rotatable bonds is 3. The summed E-state index contributed by atoms with van der Waals surface area (Å²) < 4.78 is 0. The van der Waals surface area contributed by atoms with Crippen molar-refractivity contribution in [1.29, 1.82) is 0 Å². The average Bonchev–Trinajstić information content (AvgIpc) is 2.28. The Labute approximate surface area is 95.9 Å². The average molecular weight is 221 g/mol. The van der Waals surface area contributed by atoms with Crippen molar-refractivity contribution in [2.24, 2.45) is 5.92 Å². The van der Waals surface area contributed by atoms with Gasteiger partial charge in [-0.2, -0.15) is 0 Å². The van der Waals surface area contributed by atoms with E-state index in [0.29, 0.717) is 11.7 Å². The molecule has 1 aliphatic carbocycles. The Balaban J connectivity index is 1.79. The van der Waals surface area contributed by atoms with Crippen LogP contribution in [0.5, 0.6) is 0 Å². The fourth-order valence-corrected chi connectivity index (χ4v) is 2.15. The van der Waals surface area contributed by atoms with E-state index in [-0.39, 0.29) is 6.10 Å². The topological polar surface area (TPSA) is 71.2 Å². The van der Waals surface area contributed by atoms with E-state index in [1.807, 2.05) is 12.1 Å². The second-order valence-electron chi connectivity index (χ2n) is 4.50. The zero-order valence-corrected chi connectivity index (χ0v) is 9.39. The number of hydrogen-bond donors (Lipinski definition) is 3. The molecule has 0 aromatic carbocycles. The molecule has 16 heavy (non-hydrogen) atoms. The number of aromatic nitrogens is 1. The van der Waals surface area contributed by atoms with E-state index >= 15 is 0 Å². The van der Waals surface area contributed by atoms with E-state index in [9.17, 15) is 5.11 Å². The summed E-state index contributed by atoms with van der Waals surface area (Å²) in [6.07, 6.45) is 3.96. The summed E-state index contributed by atoms with van der Waals surface area (Å²) in [7, 11) is 0. The quantitative estimate of drug-likeness (QED) is 0.725. The molecule has 2 rings (SSSR count). The molecule has 1 saturated carbocycles. The van der Waals surface area contributed by atoms with E-state index in [2.05, 4.69) is 10.3 Å². The van der Waals surface area contributed by atoms with Crippen molar-refractivity contribution in [1.82, 2.24) is 4.98 Å². The zero-order valence-electron chi connectivity index (χ0n) is 9.39. The minimum absolute atomic E-state index is 0.0817. The summed E-state index contributed by atoms with van der Waals surface area (Å²) in [5, 5.41) is 12.7. The van der Waals surface area contributed by atoms with Gasteiger partial charge >= 0.3 is 0 Å². The Morgan fingerprint density at radius 3 is 2.75 bits per heavy atom. The Hall–Kier alpha value is -1.29. The maximum atomic E-state index is 9.40. The predicted molar refractivity (Wildman–Crippen MR) is 65.1 cm³/mol. The molecule has 88 valence electrons. The number of nitrogens with zero attached hydrogens (tertiary/aromatic N) is 1. The van der Waals surface area contributed by atoms with Gasteiger partial charge in [0.2, 0.25) is 0 Å². The summed E-state index contributed by atoms with van der Waals surface area (Å²) >= 11 is 0. The van der Waals surface area contributed by atoms with Gasteiger partial charge in [0, 0.05) is 6.54 Å². The molecule has 4 heteroatoms. The maximum absolute atomic E-state index is 9.40. The number of nitrogens with two attached hydrogens (primary N) is 1. The van der Waals surface area contributed by atoms with E-state index in [0.717, 1.165) is 38.0 Å². The monoisotopic (exact) mass is 221 g/mol. The molecule has 0 saturated heterocycles. The normalized spacial score (nSPS) is 25.3. The fourth-order valence-electron chi connectivity index (χ4n) is 2.15. The maximum Gasteiger partial charge on any atom is 0.128 e. The molecule has 0 aliphatic heterocycles. The summed E-state index contributed by atoms with van der Waals surface area (Å²) in [6.45, 7) is 0.920. The van der Waals surface area contributed by atoms with Crippen LogP contribution in [0.3, 0.4) is 0 Å². The lowest BCUT2D eigenvalue weighted by Crippen LogP contribution is -2.23. The Kier molecular flexibility index (Phi) is 3.62. The van der Waals surface area contributed by atoms with Crippen LogP contribution in [0.4, 0.5) is 11.6 Å². The number of aliphatic hydroxyl groups excluding tert-OH is 1. The molecule has 0 radical (unpaired) electrons. The molecule has 1 fully saturated rings. The molecule has 4 nitrogen and oxygen atoms in total. The third-order valence-corrected chi connectivity index (χ3v) is 3.16. The van der Waals surface area contributed by atoms with Crippen LogP contribution in [0.25, 0.3) is 0 Å². The van der Waals surface area contributed by atoms with E-state index in [1.165, 1.54) is 0 Å². The Morgan fingerprint density at radius 2 is 2.06 bits per heavy atom. The minimum atomic E-state index is -0.0817. The highest BCUT2D eigenvalue weighted by atomic mass is 16.3. The first-order chi connectivity index (χ1) is 7.74. The molecule has 0 atom stereocenters. The molecule has 1 aliphatic rings. The van der Waals surface area contributed by atoms with Gasteiger partial charge in [0.25, 0.3) is 0 Å². The fraction of sp³-hybridized carbons (Fsp3) is 0.583. The molecule has 0 bridgehead atoms. The zero-order chi connectivity index (χ0) is 11.4. The van der Waals surface area contributed by atoms with Crippen molar-refractivity contribution in [3.63, 3.8) is 0 Å². The molecule has 0 amide bonds. The number of nitrogens with one attached hydrogen (secondary N) is 1. The van der Waals surface area contributed by atoms with Crippen LogP contribution in [-0.4, -0.2) is 22.7 Å². The first kappa shape index (κ1) is 11.2. The van der Waals surface area contributed by atoms with Gasteiger partial charge in [-0.3, -0.25) is 0 Å². The van der Waals surface area contributed by atoms with Gasteiger partial charge in [-0.15, -0.1) is 0 Å². The van der Waals surface area contributed by atoms with Crippen LogP contribution >= 0.6 is 0 Å². The van der Waals surface area contributed by atoms with Crippen LogP contribution in [0.2, 0.25) is 0 Å². The number of hydrogen-bond acceptors (Lipinski definition) is 4. The predicted octanol–water partition coefficient (Wildman–Crippen LogP) is 1.63. The van der Waals surface area contributed by atoms with Gasteiger partial charge in [-0.25, -0.2) is 4.98 Å². The van der Waals surface area contributed by atoms with Crippen LogP contribution < -0.4 is 11.1 Å². The van der Waals surface area contributed by atoms with Gasteiger partial charge in [0.15, 0.2) is 0 Å². The third kappa shape index (κ3) is 3.10. The standard InChI is InChI=1S/C12H19N3O/c13-11-2-1-3-12(15-11)14-8-9-4-6-10(16)7-5-9/h1-3,9-10,16H,4-8H2,(H3,13,14,15). The molecular formula is C12H19N3O. The third-order valence-electron chi connectivity index (χ3n) is 3.16. The van der Waals surface area contributed by atoms with Crippen molar-refractivity contribution < 1.29 is 5.11 Å². The number of aliphatic hydroxyl groups is 1. The highest BCUT2D eigenvalue weighted by molar-refractivity contribution is 5.42. The first-order valence-corrected chi connectivity index (χ1v) is 5.88. The molecule has 1 heterocycles. The highest BCUT2D eigenvalue weighted by Gasteiger charge is 2.18. The highest BCUT2D eigenvalue weighted by Crippen LogP contribution is 2.24. The molecular weight excluding hydrogens is 202 g/mol. The van der Waals surface area contributed by atoms with Crippen molar-refractivity contribution in [2.45, 2.75) is 31.8 Å². The van der Waals surface area contributed by atoms with Gasteiger partial charge in [0.05, 0.1) is 6.10 Å². The van der Waals surface area contributed by atoms with Crippen LogP contribution in [0, 0.1) is 5.92 Å². The van der Waals surface area contributed by atoms with Gasteiger partial charge < -0.3 is 16.2 Å². The second kappa shape index (κ2) is 5.16. The Bertz CT molecular complexity index is 335. The van der Waals surface area contributed by atoms with E-state index in [4.69, 9.17) is 5.73 Å². The van der Waals surface area contributed by atoms with E-state index < -0.39 is 0 Å². The smallest absolute Gasteiger partial charge is 0.128 e. The molecule has 1 aromatic heterocycles. The number of nitrogen functional groups attached to an aromatic ring is 1. The van der Waals surface area contributed by atoms with Gasteiger partial charge in [-0.1, -0.05) is 6.07 Å². The molecule has 1 aromatic rings. The number of pyridine rings is 1. The largest absolute Gasteiger partial charge is 0.393 e. The summed E-state index contributed by atoms with van der Waals surface area (Å²) in [6, 6.07) is 5.60. The van der Waals surface area contributed by atoms with Crippen LogP contribution in [0.1, 0.15) is 25.7 Å². The first-order valence-electron chi connectivity index (χ1n) is 5.88. The minimum Gasteiger partial charge on any atom is -0.393 e. The lowest BCUT2D eigenvalue weighted by molar-refractivity contribution is 0.111. The summed E-state index contributed by atoms with van der Waals surface area (Å²) in [5.74, 6) is 2.03. The van der Waals surface area contributed by atoms with Crippen molar-refractivity contribution >= 4 is 11.6 Å². The molecule has 0 unspecified atom stereocenters. The van der Waals surface area contributed by atoms with Gasteiger partial charge in [0.1, 0.15) is 11.6 Å². The van der Waals surface area contributed by atoms with Crippen LogP contribution in [-0.2, 0) is 0 Å². The van der Waals surface area contributed by atoms with Crippen molar-refractivity contribution in [2.75, 3.05) is 17.6 Å². The summed E-state index contributed by atoms with van der Waals surface area (Å²) in [5.41, 5.74) is 5.60. The number of anilines is 2. The molecule has 0 spiro atoms. The lowest BCUT2D eigenvalue weighted by Gasteiger charge is -2.25. The van der Waals surface area contributed by atoms with Crippen molar-refractivity contribution in [3.05, 3.63) is 18.2 Å². The molecule has 4 N–H and O–H groups in total. The second-order valence-corrected chi connectivity index (χ2v) is 4.50. The van der Waals surface area contributed by atoms with Crippen LogP contribution in [0.15, 0.2) is 18.2 Å².